The summed E-state index contributed by atoms with van der Waals surface area (Å²) in [6.45, 7) is 24.2. The molecule has 0 bridgehead atoms. The molecule has 24 heteroatoms. The van der Waals surface area contributed by atoms with Crippen molar-refractivity contribution in [1.82, 2.24) is 19.6 Å². The Balaban J connectivity index is 0.000000287. The van der Waals surface area contributed by atoms with E-state index < -0.39 is 59.1 Å². The van der Waals surface area contributed by atoms with Gasteiger partial charge in [0.1, 0.15) is 29.0 Å². The standard InChI is InChI=1S/C26H42N2O5.C25H40N2O3.C23H36N2O4.C23H38N2O4/c1-6-19-8-7-9-21(13-19)26(31)15-23(11-10-22(26)17-28(4)5)32-25(30)33-24(29)14-20(16-27)12-18(2)3;1-27(2)18-21-10-5-8-15-25(21,20-11-9-12-22(16-20)29-3)30-23(28)17-24(19-26)13-6-4-7-14-24;1-5-20(17(2)15-25(3)4)18-10-9-11-19(14-18)28-22(27)29-21(26)23(16-24)12-7-6-8-13-23;1-7-21(17(4)15-25(5)6)19-9-8-10-20(13-19)28-23(27)29-22(26)12-18(14-24)11-16(2)3/h7-9,13,18,20,22-23,31H,6,10-12,14-17,27H2,1-5H3;9,11-12,16,21H,4-8,10,13-15,17-19,26H2,1-3H3;9-11,14,17,20H,5-8,12-13,15-16,24H2,1-4H3;8-10,13,16-18,21H,7,11-12,14-15,24H2,1-6H3. The van der Waals surface area contributed by atoms with Crippen LogP contribution < -0.4 is 37.1 Å². The van der Waals surface area contributed by atoms with E-state index in [9.17, 15) is 38.7 Å². The number of hydrogen-bond donors (Lipinski definition) is 5. The van der Waals surface area contributed by atoms with Crippen molar-refractivity contribution < 1.29 is 76.6 Å². The summed E-state index contributed by atoms with van der Waals surface area (Å²) >= 11 is 0. The van der Waals surface area contributed by atoms with Crippen molar-refractivity contribution in [2.75, 3.05) is 116 Å². The zero-order chi connectivity index (χ0) is 89.6. The molecule has 8 rings (SSSR count). The third kappa shape index (κ3) is 34.2. The molecule has 0 heterocycles. The number of benzene rings is 4. The second-order valence-corrected chi connectivity index (χ2v) is 37.1. The predicted octanol–water partition coefficient (Wildman–Crippen LogP) is 17.1. The van der Waals surface area contributed by atoms with E-state index in [1.54, 1.807) is 19.2 Å². The highest BCUT2D eigenvalue weighted by molar-refractivity contribution is 5.87. The molecule has 4 fully saturated rings. The van der Waals surface area contributed by atoms with E-state index in [4.69, 9.17) is 60.8 Å². The average molecular weight is 1690 g/mol. The molecule has 0 radical (unpaired) electrons. The molecule has 4 aliphatic carbocycles. The number of methoxy groups -OCH3 is 1. The molecule has 24 nitrogen and oxygen atoms in total. The lowest BCUT2D eigenvalue weighted by Gasteiger charge is -2.46. The van der Waals surface area contributed by atoms with Crippen LogP contribution in [0, 0.1) is 58.2 Å². The number of rotatable bonds is 37. The molecular weight excluding hydrogens is 1530 g/mol. The van der Waals surface area contributed by atoms with E-state index in [-0.39, 0.29) is 60.9 Å². The highest BCUT2D eigenvalue weighted by Gasteiger charge is 2.49. The number of carbonyl (C=O) groups excluding carboxylic acids is 7. The van der Waals surface area contributed by atoms with Gasteiger partial charge in [-0.05, 0) is 283 Å². The van der Waals surface area contributed by atoms with Crippen LogP contribution in [0.5, 0.6) is 17.2 Å². The molecule has 0 amide bonds. The molecule has 0 spiro atoms. The molecule has 4 aliphatic rings. The van der Waals surface area contributed by atoms with Crippen LogP contribution in [0.25, 0.3) is 0 Å². The first-order valence-corrected chi connectivity index (χ1v) is 45.0. The van der Waals surface area contributed by atoms with Crippen LogP contribution in [0.2, 0.25) is 0 Å². The van der Waals surface area contributed by atoms with Crippen molar-refractivity contribution >= 4 is 42.3 Å². The van der Waals surface area contributed by atoms with Crippen molar-refractivity contribution in [2.24, 2.45) is 81.1 Å². The second kappa shape index (κ2) is 52.4. The minimum atomic E-state index is -1.13. The smallest absolute Gasteiger partial charge is 0.497 e. The predicted molar refractivity (Wildman–Crippen MR) is 479 cm³/mol. The lowest BCUT2D eigenvalue weighted by Crippen LogP contribution is -2.47. The van der Waals surface area contributed by atoms with Gasteiger partial charge in [0.05, 0.1) is 37.4 Å². The number of carbonyl (C=O) groups is 7. The fourth-order valence-corrected chi connectivity index (χ4v) is 18.9. The summed E-state index contributed by atoms with van der Waals surface area (Å²) in [6, 6.07) is 31.0. The van der Waals surface area contributed by atoms with Crippen LogP contribution in [-0.4, -0.2) is 189 Å². The number of ether oxygens (including phenoxy) is 8. The summed E-state index contributed by atoms with van der Waals surface area (Å²) in [5, 5.41) is 11.8. The first-order chi connectivity index (χ1) is 57.5. The largest absolute Gasteiger partial charge is 0.521 e. The molecule has 0 aromatic heterocycles. The van der Waals surface area contributed by atoms with Gasteiger partial charge in [0, 0.05) is 51.0 Å². The molecule has 680 valence electrons. The van der Waals surface area contributed by atoms with Crippen LogP contribution in [-0.2, 0) is 60.5 Å². The van der Waals surface area contributed by atoms with Crippen molar-refractivity contribution in [3.05, 3.63) is 125 Å². The number of aryl methyl sites for hydroxylation is 1. The molecule has 0 aliphatic heterocycles. The van der Waals surface area contributed by atoms with Crippen molar-refractivity contribution in [3.8, 4) is 17.2 Å². The molecular formula is C97H156N8O16. The van der Waals surface area contributed by atoms with Crippen LogP contribution in [0.15, 0.2) is 97.1 Å². The van der Waals surface area contributed by atoms with Crippen LogP contribution in [0.4, 0.5) is 14.4 Å². The van der Waals surface area contributed by atoms with E-state index in [0.717, 1.165) is 156 Å². The van der Waals surface area contributed by atoms with Gasteiger partial charge in [-0.25, -0.2) is 14.4 Å². The van der Waals surface area contributed by atoms with Crippen LogP contribution in [0.1, 0.15) is 256 Å². The van der Waals surface area contributed by atoms with Gasteiger partial charge >= 0.3 is 42.3 Å². The molecule has 4 saturated carbocycles. The maximum absolute atomic E-state index is 13.4. The van der Waals surface area contributed by atoms with E-state index in [2.05, 4.69) is 142 Å². The van der Waals surface area contributed by atoms with Gasteiger partial charge in [0.25, 0.3) is 0 Å². The first-order valence-electron chi connectivity index (χ1n) is 45.0. The molecule has 121 heavy (non-hydrogen) atoms. The maximum Gasteiger partial charge on any atom is 0.521 e. The van der Waals surface area contributed by atoms with Gasteiger partial charge in [-0.15, -0.1) is 0 Å². The lowest BCUT2D eigenvalue weighted by molar-refractivity contribution is -0.178. The number of hydrogen-bond acceptors (Lipinski definition) is 24. The topological polar surface area (TPSA) is 331 Å². The Morgan fingerprint density at radius 3 is 1.45 bits per heavy atom. The Hall–Kier alpha value is -7.39. The van der Waals surface area contributed by atoms with Gasteiger partial charge < -0.3 is 85.5 Å². The number of nitrogens with zero attached hydrogens (tertiary/aromatic N) is 4. The Morgan fingerprint density at radius 2 is 0.975 bits per heavy atom. The van der Waals surface area contributed by atoms with Crippen LogP contribution >= 0.6 is 0 Å². The highest BCUT2D eigenvalue weighted by atomic mass is 16.8. The monoisotopic (exact) mass is 1690 g/mol. The zero-order valence-electron chi connectivity index (χ0n) is 77.1. The molecule has 4 aromatic rings. The Labute approximate surface area is 725 Å². The number of esters is 4. The summed E-state index contributed by atoms with van der Waals surface area (Å²) in [4.78, 5) is 95.4. The third-order valence-electron chi connectivity index (χ3n) is 25.0. The van der Waals surface area contributed by atoms with Gasteiger partial charge in [0.2, 0.25) is 0 Å². The summed E-state index contributed by atoms with van der Waals surface area (Å²) in [6.07, 6.45) is 17.2. The molecule has 9 N–H and O–H groups in total. The van der Waals surface area contributed by atoms with E-state index in [0.29, 0.717) is 98.7 Å². The average Bonchev–Trinajstić information content (AvgIpc) is 0.764. The van der Waals surface area contributed by atoms with E-state index >= 15 is 0 Å². The maximum atomic E-state index is 13.4. The summed E-state index contributed by atoms with van der Waals surface area (Å²) in [5.74, 6) is 2.37. The molecule has 11 unspecified atom stereocenters. The van der Waals surface area contributed by atoms with E-state index in [1.165, 1.54) is 12.8 Å². The summed E-state index contributed by atoms with van der Waals surface area (Å²) in [5.41, 5.74) is 26.2. The van der Waals surface area contributed by atoms with Gasteiger partial charge in [-0.2, -0.15) is 0 Å². The lowest BCUT2D eigenvalue weighted by atomic mass is 9.70. The SMILES string of the molecule is CCC(c1cccc(OC(=O)OC(=O)C2(CN)CCCCC2)c1)C(C)CN(C)C.CCC(c1cccc(OC(=O)OC(=O)CC(CN)CC(C)C)c1)C(C)CN(C)C.CCc1cccc(C2(O)CC(OC(=O)OC(=O)CC(CN)CC(C)C)CCC2CN(C)C)c1.COc1cccc(C2(OC(=O)CC3(CN)CCCCC3)CCCCC2CN(C)C)c1. The highest BCUT2D eigenvalue weighted by Crippen LogP contribution is 2.49. The number of nitrogens with two attached hydrogens (primary N) is 4. The van der Waals surface area contributed by atoms with Crippen molar-refractivity contribution in [2.45, 2.75) is 252 Å². The first kappa shape index (κ1) is 104. The Bertz CT molecular complexity index is 3770. The minimum Gasteiger partial charge on any atom is -0.497 e. The fraction of sp³-hybridized carbons (Fsp3) is 0.680. The molecule has 11 atom stereocenters. The third-order valence-corrected chi connectivity index (χ3v) is 25.0. The fourth-order valence-electron chi connectivity index (χ4n) is 18.9. The quantitative estimate of drug-likeness (QED) is 0.0121. The van der Waals surface area contributed by atoms with Gasteiger partial charge in [0.15, 0.2) is 0 Å². The van der Waals surface area contributed by atoms with Crippen LogP contribution in [0.3, 0.4) is 0 Å². The van der Waals surface area contributed by atoms with Crippen molar-refractivity contribution in [1.29, 1.82) is 0 Å². The molecule has 4 aromatic carbocycles. The Morgan fingerprint density at radius 1 is 0.496 bits per heavy atom. The normalized spacial score (nSPS) is 20.9. The minimum absolute atomic E-state index is 0.00143. The Kier molecular flexibility index (Phi) is 45.1. The summed E-state index contributed by atoms with van der Waals surface area (Å²) < 4.78 is 42.9. The zero-order valence-corrected chi connectivity index (χ0v) is 77.1. The van der Waals surface area contributed by atoms with E-state index in [1.807, 2.05) is 80.8 Å². The summed E-state index contributed by atoms with van der Waals surface area (Å²) in [7, 11) is 18.1. The van der Waals surface area contributed by atoms with Crippen molar-refractivity contribution in [3.63, 3.8) is 0 Å². The molecule has 0 saturated heterocycles. The van der Waals surface area contributed by atoms with Gasteiger partial charge in [-0.3, -0.25) is 19.2 Å². The van der Waals surface area contributed by atoms with Gasteiger partial charge in [-0.1, -0.05) is 168 Å². The number of aliphatic hydroxyl groups is 1. The second-order valence-electron chi connectivity index (χ2n) is 37.1.